The predicted octanol–water partition coefficient (Wildman–Crippen LogP) is 5.54. The number of pyridine rings is 2. The highest BCUT2D eigenvalue weighted by atomic mass is 16.5. The Morgan fingerprint density at radius 1 is 0.507 bits per heavy atom. The van der Waals surface area contributed by atoms with Crippen molar-refractivity contribution in [1.82, 2.24) is 19.2 Å². The summed E-state index contributed by atoms with van der Waals surface area (Å²) in [6.07, 6.45) is 0. The molecule has 0 atom stereocenters. The van der Waals surface area contributed by atoms with E-state index in [0.717, 1.165) is 33.9 Å². The number of hydrogen-bond acceptors (Lipinski definition) is 12. The van der Waals surface area contributed by atoms with E-state index in [1.165, 1.54) is 15.6 Å². The third-order valence-electron chi connectivity index (χ3n) is 12.3. The second-order valence-corrected chi connectivity index (χ2v) is 16.8. The first-order valence-corrected chi connectivity index (χ1v) is 23.1. The van der Waals surface area contributed by atoms with Gasteiger partial charge in [-0.2, -0.15) is 0 Å². The third kappa shape index (κ3) is 10.6. The van der Waals surface area contributed by atoms with Crippen LogP contribution >= 0.6 is 0 Å². The van der Waals surface area contributed by atoms with Crippen molar-refractivity contribution in [3.8, 4) is 11.5 Å². The molecule has 0 aliphatic carbocycles. The number of amides is 2. The maximum Gasteiger partial charge on any atom is 0.277 e. The minimum atomic E-state index is -0.710. The predicted molar refractivity (Wildman–Crippen MR) is 267 cm³/mol. The van der Waals surface area contributed by atoms with Crippen LogP contribution in [0.2, 0.25) is 0 Å². The molecular formula is C55H56N6O10. The van der Waals surface area contributed by atoms with Crippen LogP contribution in [0, 0.1) is 0 Å². The van der Waals surface area contributed by atoms with Gasteiger partial charge >= 0.3 is 0 Å². The number of nitrogens with zero attached hydrogens (tertiary/aromatic N) is 6. The molecule has 0 bridgehead atoms. The molecule has 9 rings (SSSR count). The van der Waals surface area contributed by atoms with Gasteiger partial charge in [-0.15, -0.1) is 0 Å². The Morgan fingerprint density at radius 3 is 1.27 bits per heavy atom. The van der Waals surface area contributed by atoms with Crippen LogP contribution in [0.3, 0.4) is 0 Å². The lowest BCUT2D eigenvalue weighted by Gasteiger charge is -2.45. The maximum absolute atomic E-state index is 13.9. The first kappa shape index (κ1) is 49.4. The highest BCUT2D eigenvalue weighted by Gasteiger charge is 2.40. The SMILES string of the molecule is COCCN1CN(C(c2ccccc2)c2ccccc2)n2c(CO)cc(=O)c(O)c2C1=O.COCCN1CN(C(c2ccccc2)c2ccccc2)n2c(CO)cc(=O)c(OCc3ccccc3)c2C1=O. The van der Waals surface area contributed by atoms with E-state index in [2.05, 4.69) is 0 Å². The van der Waals surface area contributed by atoms with Crippen LogP contribution in [-0.4, -0.2) is 100 Å². The smallest absolute Gasteiger partial charge is 0.277 e. The van der Waals surface area contributed by atoms with Crippen molar-refractivity contribution < 1.29 is 39.1 Å². The zero-order valence-corrected chi connectivity index (χ0v) is 39.5. The summed E-state index contributed by atoms with van der Waals surface area (Å²) in [5.74, 6) is -1.55. The molecule has 7 aromatic rings. The zero-order valence-electron chi connectivity index (χ0n) is 39.5. The minimum absolute atomic E-state index is 0.0481. The van der Waals surface area contributed by atoms with Gasteiger partial charge in [-0.05, 0) is 27.8 Å². The Morgan fingerprint density at radius 2 is 0.873 bits per heavy atom. The van der Waals surface area contributed by atoms with Crippen LogP contribution in [0.4, 0.5) is 0 Å². The number of aliphatic hydroxyl groups excluding tert-OH is 2. The van der Waals surface area contributed by atoms with E-state index in [0.29, 0.717) is 25.5 Å². The Hall–Kier alpha value is -8.02. The summed E-state index contributed by atoms with van der Waals surface area (Å²) in [6, 6.07) is 50.7. The number of hydrogen-bond donors (Lipinski definition) is 3. The Balaban J connectivity index is 0.000000194. The van der Waals surface area contributed by atoms with Crippen LogP contribution in [0.15, 0.2) is 173 Å². The van der Waals surface area contributed by atoms with E-state index < -0.39 is 35.7 Å². The molecule has 0 saturated heterocycles. The Bertz CT molecular complexity index is 2930. The van der Waals surface area contributed by atoms with Gasteiger partial charge in [0.25, 0.3) is 11.8 Å². The highest BCUT2D eigenvalue weighted by Crippen LogP contribution is 2.35. The normalized spacial score (nSPS) is 13.3. The van der Waals surface area contributed by atoms with Crippen molar-refractivity contribution in [2.24, 2.45) is 0 Å². The number of benzene rings is 5. The standard InChI is InChI=1S/C31H31N3O5.C24H25N3O5/c1-38-18-17-32-22-33(28(24-13-7-3-8-14-24)25-15-9-4-10-16-25)34-26(20-35)19-27(36)30(29(34)31(32)37)39-21-23-11-5-2-6-12-23;1-32-13-12-25-16-26(27-19(15-28)14-20(29)23(30)22(27)24(25)31)21(17-8-4-2-5-9-17)18-10-6-3-7-11-18/h2-16,19,28,35H,17-18,20-22H2,1H3;2-11,14,21,28,30H,12-13,15-16H2,1H3. The lowest BCUT2D eigenvalue weighted by atomic mass is 9.98. The molecule has 3 N–H and O–H groups in total. The van der Waals surface area contributed by atoms with Gasteiger partial charge < -0.3 is 39.3 Å². The van der Waals surface area contributed by atoms with Gasteiger partial charge in [-0.25, -0.2) is 9.35 Å². The summed E-state index contributed by atoms with van der Waals surface area (Å²) in [4.78, 5) is 56.0. The van der Waals surface area contributed by atoms with E-state index in [9.17, 15) is 34.5 Å². The summed E-state index contributed by atoms with van der Waals surface area (Å²) in [6.45, 7) is 0.803. The quantitative estimate of drug-likeness (QED) is 0.104. The average molecular weight is 961 g/mol. The van der Waals surface area contributed by atoms with Crippen molar-refractivity contribution in [3.63, 3.8) is 0 Å². The number of fused-ring (bicyclic) bond motifs is 2. The number of aromatic nitrogens is 2. The van der Waals surface area contributed by atoms with Gasteiger partial charge in [0.2, 0.25) is 10.9 Å². The fourth-order valence-electron chi connectivity index (χ4n) is 9.00. The van der Waals surface area contributed by atoms with E-state index in [4.69, 9.17) is 14.2 Å². The van der Waals surface area contributed by atoms with Crippen molar-refractivity contribution in [2.75, 3.05) is 63.9 Å². The first-order valence-electron chi connectivity index (χ1n) is 23.1. The molecule has 0 fully saturated rings. The molecular weight excluding hydrogens is 905 g/mol. The number of aromatic hydroxyl groups is 1. The fourth-order valence-corrected chi connectivity index (χ4v) is 9.00. The van der Waals surface area contributed by atoms with Crippen molar-refractivity contribution in [2.45, 2.75) is 31.9 Å². The minimum Gasteiger partial charge on any atom is -0.502 e. The fraction of sp³-hybridized carbons (Fsp3) is 0.236. The molecule has 2 aromatic heterocycles. The molecule has 366 valence electrons. The number of carbonyl (C=O) groups excluding carboxylic acids is 2. The molecule has 16 heteroatoms. The summed E-state index contributed by atoms with van der Waals surface area (Å²) in [5.41, 5.74) is 4.03. The van der Waals surface area contributed by atoms with Crippen molar-refractivity contribution >= 4 is 11.8 Å². The lowest BCUT2D eigenvalue weighted by molar-refractivity contribution is 0.0601. The number of ether oxygens (including phenoxy) is 3. The van der Waals surface area contributed by atoms with Gasteiger partial charge in [0, 0.05) is 39.4 Å². The van der Waals surface area contributed by atoms with Gasteiger partial charge in [0.05, 0.1) is 49.9 Å². The first-order chi connectivity index (χ1) is 34.7. The molecule has 2 aliphatic rings. The van der Waals surface area contributed by atoms with Gasteiger partial charge in [-0.3, -0.25) is 29.2 Å². The molecule has 0 unspecified atom stereocenters. The molecule has 71 heavy (non-hydrogen) atoms. The summed E-state index contributed by atoms with van der Waals surface area (Å²) in [5, 5.41) is 34.9. The molecule has 0 saturated carbocycles. The second kappa shape index (κ2) is 23.1. The average Bonchev–Trinajstić information content (AvgIpc) is 3.41. The van der Waals surface area contributed by atoms with Crippen LogP contribution in [0.1, 0.15) is 72.3 Å². The third-order valence-corrected chi connectivity index (χ3v) is 12.3. The zero-order chi connectivity index (χ0) is 49.9. The van der Waals surface area contributed by atoms with Crippen LogP contribution < -0.4 is 25.6 Å². The maximum atomic E-state index is 13.9. The van der Waals surface area contributed by atoms with E-state index >= 15 is 0 Å². The molecule has 2 amide bonds. The second-order valence-electron chi connectivity index (χ2n) is 16.8. The van der Waals surface area contributed by atoms with Gasteiger partial charge in [0.1, 0.15) is 19.9 Å². The van der Waals surface area contributed by atoms with Gasteiger partial charge in [-0.1, -0.05) is 152 Å². The van der Waals surface area contributed by atoms with Crippen LogP contribution in [0.25, 0.3) is 0 Å². The van der Waals surface area contributed by atoms with E-state index in [-0.39, 0.29) is 67.3 Å². The highest BCUT2D eigenvalue weighted by molar-refractivity contribution is 5.97. The molecule has 2 aliphatic heterocycles. The molecule has 0 spiro atoms. The lowest BCUT2D eigenvalue weighted by Crippen LogP contribution is -2.57. The molecule has 5 aromatic carbocycles. The Labute approximate surface area is 410 Å². The molecule has 4 heterocycles. The largest absolute Gasteiger partial charge is 0.502 e. The molecule has 0 radical (unpaired) electrons. The van der Waals surface area contributed by atoms with Crippen LogP contribution in [-0.2, 0) is 29.3 Å². The molecule has 16 nitrogen and oxygen atoms in total. The van der Waals surface area contributed by atoms with Gasteiger partial charge in [0.15, 0.2) is 22.9 Å². The Kier molecular flexibility index (Phi) is 16.0. The summed E-state index contributed by atoms with van der Waals surface area (Å²) in [7, 11) is 3.13. The monoisotopic (exact) mass is 960 g/mol. The number of aliphatic hydroxyl groups is 2. The van der Waals surface area contributed by atoms with Crippen molar-refractivity contribution in [1.29, 1.82) is 0 Å². The number of rotatable bonds is 17. The topological polar surface area (TPSA) is 179 Å². The summed E-state index contributed by atoms with van der Waals surface area (Å²) < 4.78 is 19.7. The summed E-state index contributed by atoms with van der Waals surface area (Å²) >= 11 is 0. The van der Waals surface area contributed by atoms with Crippen LogP contribution in [0.5, 0.6) is 11.5 Å². The number of carbonyl (C=O) groups is 2. The van der Waals surface area contributed by atoms with E-state index in [1.807, 2.05) is 162 Å². The van der Waals surface area contributed by atoms with Crippen molar-refractivity contribution in [3.05, 3.63) is 235 Å². The van der Waals surface area contributed by atoms with E-state index in [1.54, 1.807) is 23.8 Å². The number of methoxy groups -OCH3 is 2.